The monoisotopic (exact) mass is 313 g/mol. The number of nitrogens with zero attached hydrogens (tertiary/aromatic N) is 3. The molecule has 1 saturated heterocycles. The normalized spacial score (nSPS) is 25.4. The molecule has 0 N–H and O–H groups in total. The molecule has 2 amide bonds. The highest BCUT2D eigenvalue weighted by atomic mass is 16.2. The Morgan fingerprint density at radius 1 is 1.17 bits per heavy atom. The number of hydrogen-bond acceptors (Lipinski definition) is 3. The highest BCUT2D eigenvalue weighted by Crippen LogP contribution is 2.34. The third kappa shape index (κ3) is 2.74. The molecule has 23 heavy (non-hydrogen) atoms. The van der Waals surface area contributed by atoms with Gasteiger partial charge in [0.1, 0.15) is 0 Å². The minimum atomic E-state index is -0.181. The lowest BCUT2D eigenvalue weighted by molar-refractivity contribution is -0.128. The van der Waals surface area contributed by atoms with Crippen LogP contribution >= 0.6 is 0 Å². The van der Waals surface area contributed by atoms with Gasteiger partial charge in [-0.25, -0.2) is 0 Å². The average molecular weight is 313 g/mol. The molecule has 122 valence electrons. The van der Waals surface area contributed by atoms with Gasteiger partial charge in [-0.05, 0) is 31.5 Å². The van der Waals surface area contributed by atoms with Crippen molar-refractivity contribution in [3.8, 4) is 0 Å². The van der Waals surface area contributed by atoms with Gasteiger partial charge in [-0.15, -0.1) is 0 Å². The molecule has 1 aromatic carbocycles. The van der Waals surface area contributed by atoms with Gasteiger partial charge in [0, 0.05) is 44.3 Å². The van der Waals surface area contributed by atoms with E-state index in [2.05, 4.69) is 18.0 Å². The second-order valence-electron chi connectivity index (χ2n) is 7.03. The largest absolute Gasteiger partial charge is 0.339 e. The van der Waals surface area contributed by atoms with Gasteiger partial charge in [-0.3, -0.25) is 9.59 Å². The quantitative estimate of drug-likeness (QED) is 0.830. The van der Waals surface area contributed by atoms with E-state index in [1.807, 2.05) is 28.0 Å². The van der Waals surface area contributed by atoms with E-state index in [1.165, 1.54) is 5.56 Å². The molecular formula is C18H23N3O2. The van der Waals surface area contributed by atoms with Crippen LogP contribution in [-0.2, 0) is 16.1 Å². The molecule has 2 fully saturated rings. The first-order valence-electron chi connectivity index (χ1n) is 8.51. The van der Waals surface area contributed by atoms with Gasteiger partial charge < -0.3 is 14.7 Å². The summed E-state index contributed by atoms with van der Waals surface area (Å²) in [6.45, 7) is 3.02. The van der Waals surface area contributed by atoms with Crippen LogP contribution in [0.2, 0.25) is 0 Å². The highest BCUT2D eigenvalue weighted by molar-refractivity contribution is 5.99. The van der Waals surface area contributed by atoms with Crippen LogP contribution in [0.15, 0.2) is 24.3 Å². The van der Waals surface area contributed by atoms with Gasteiger partial charge in [-0.1, -0.05) is 18.2 Å². The second-order valence-corrected chi connectivity index (χ2v) is 7.03. The Labute approximate surface area is 136 Å². The van der Waals surface area contributed by atoms with Gasteiger partial charge >= 0.3 is 0 Å². The lowest BCUT2D eigenvalue weighted by Crippen LogP contribution is -2.40. The summed E-state index contributed by atoms with van der Waals surface area (Å²) in [5.41, 5.74) is 2.20. The summed E-state index contributed by atoms with van der Waals surface area (Å²) in [5, 5.41) is 0. The number of carbonyl (C=O) groups excluding carboxylic acids is 2. The minimum Gasteiger partial charge on any atom is -0.339 e. The second kappa shape index (κ2) is 5.64. The fourth-order valence-corrected chi connectivity index (χ4v) is 3.75. The van der Waals surface area contributed by atoms with E-state index in [0.29, 0.717) is 25.6 Å². The number of carbonyl (C=O) groups is 2. The van der Waals surface area contributed by atoms with Crippen molar-refractivity contribution in [2.75, 3.05) is 31.6 Å². The number of benzene rings is 1. The Hall–Kier alpha value is -1.88. The molecule has 3 aliphatic rings. The van der Waals surface area contributed by atoms with Crippen molar-refractivity contribution in [3.63, 3.8) is 0 Å². The minimum absolute atomic E-state index is 0.115. The molecule has 5 heteroatoms. The first-order valence-corrected chi connectivity index (χ1v) is 8.51. The molecule has 1 saturated carbocycles. The molecule has 2 heterocycles. The Morgan fingerprint density at radius 3 is 2.74 bits per heavy atom. The molecule has 0 unspecified atom stereocenters. The molecule has 0 radical (unpaired) electrons. The highest BCUT2D eigenvalue weighted by Gasteiger charge is 2.43. The third-order valence-corrected chi connectivity index (χ3v) is 5.19. The molecular weight excluding hydrogens is 290 g/mol. The van der Waals surface area contributed by atoms with Crippen LogP contribution in [0.5, 0.6) is 0 Å². The van der Waals surface area contributed by atoms with Crippen molar-refractivity contribution in [1.29, 1.82) is 0 Å². The molecule has 1 aliphatic carbocycles. The molecule has 0 bridgehead atoms. The summed E-state index contributed by atoms with van der Waals surface area (Å²) in [7, 11) is 2.08. The van der Waals surface area contributed by atoms with E-state index in [-0.39, 0.29) is 17.7 Å². The Balaban J connectivity index is 1.57. The van der Waals surface area contributed by atoms with E-state index >= 15 is 0 Å². The molecule has 0 aromatic heterocycles. The van der Waals surface area contributed by atoms with Crippen LogP contribution in [0.4, 0.5) is 5.69 Å². The zero-order chi connectivity index (χ0) is 16.0. The first-order chi connectivity index (χ1) is 11.1. The number of likely N-dealkylation sites (N-methyl/N-ethyl adjacent to an activating group) is 1. The first kappa shape index (κ1) is 14.7. The van der Waals surface area contributed by atoms with E-state index in [9.17, 15) is 9.59 Å². The molecule has 1 aromatic rings. The van der Waals surface area contributed by atoms with Gasteiger partial charge in [0.05, 0.1) is 5.92 Å². The number of hydrogen-bond donors (Lipinski definition) is 0. The average Bonchev–Trinajstić information content (AvgIpc) is 3.32. The number of anilines is 1. The summed E-state index contributed by atoms with van der Waals surface area (Å²) >= 11 is 0. The maximum Gasteiger partial charge on any atom is 0.232 e. The Kier molecular flexibility index (Phi) is 3.60. The van der Waals surface area contributed by atoms with Crippen LogP contribution in [0.3, 0.4) is 0 Å². The van der Waals surface area contributed by atoms with Crippen molar-refractivity contribution in [3.05, 3.63) is 29.8 Å². The van der Waals surface area contributed by atoms with Crippen molar-refractivity contribution in [2.24, 2.45) is 5.92 Å². The smallest absolute Gasteiger partial charge is 0.232 e. The zero-order valence-corrected chi connectivity index (χ0v) is 13.6. The van der Waals surface area contributed by atoms with Crippen LogP contribution in [0.25, 0.3) is 0 Å². The van der Waals surface area contributed by atoms with E-state index < -0.39 is 0 Å². The van der Waals surface area contributed by atoms with Crippen molar-refractivity contribution < 1.29 is 9.59 Å². The summed E-state index contributed by atoms with van der Waals surface area (Å²) in [6.07, 6.45) is 2.58. The molecule has 1 atom stereocenters. The zero-order valence-electron chi connectivity index (χ0n) is 13.6. The van der Waals surface area contributed by atoms with Crippen LogP contribution in [-0.4, -0.2) is 54.3 Å². The lowest BCUT2D eigenvalue weighted by Gasteiger charge is -2.25. The van der Waals surface area contributed by atoms with Crippen LogP contribution in [0.1, 0.15) is 24.8 Å². The summed E-state index contributed by atoms with van der Waals surface area (Å²) < 4.78 is 0. The lowest BCUT2D eigenvalue weighted by atomic mass is 10.1. The van der Waals surface area contributed by atoms with Gasteiger partial charge in [0.2, 0.25) is 11.8 Å². The van der Waals surface area contributed by atoms with Crippen molar-refractivity contribution >= 4 is 17.5 Å². The Bertz CT molecular complexity index is 641. The fraction of sp³-hybridized carbons (Fsp3) is 0.556. The number of likely N-dealkylation sites (tertiary alicyclic amines) is 1. The Morgan fingerprint density at radius 2 is 1.96 bits per heavy atom. The van der Waals surface area contributed by atoms with E-state index in [4.69, 9.17) is 0 Å². The summed E-state index contributed by atoms with van der Waals surface area (Å²) in [6, 6.07) is 8.54. The van der Waals surface area contributed by atoms with Crippen LogP contribution < -0.4 is 4.90 Å². The number of para-hydroxylation sites is 1. The summed E-state index contributed by atoms with van der Waals surface area (Å²) in [5.74, 6) is 0.0925. The predicted octanol–water partition coefficient (Wildman–Crippen LogP) is 1.48. The van der Waals surface area contributed by atoms with Crippen molar-refractivity contribution in [2.45, 2.75) is 31.8 Å². The number of amides is 2. The predicted molar refractivity (Wildman–Crippen MR) is 88.0 cm³/mol. The maximum atomic E-state index is 13.1. The maximum absolute atomic E-state index is 13.1. The third-order valence-electron chi connectivity index (χ3n) is 5.19. The van der Waals surface area contributed by atoms with Crippen LogP contribution in [0, 0.1) is 5.92 Å². The molecule has 5 nitrogen and oxygen atoms in total. The fourth-order valence-electron chi connectivity index (χ4n) is 3.75. The van der Waals surface area contributed by atoms with Gasteiger partial charge in [0.15, 0.2) is 0 Å². The molecule has 0 spiro atoms. The topological polar surface area (TPSA) is 43.9 Å². The van der Waals surface area contributed by atoms with E-state index in [1.54, 1.807) is 0 Å². The van der Waals surface area contributed by atoms with E-state index in [0.717, 1.165) is 31.6 Å². The SMILES string of the molecule is CN1CCN(C(=O)[C@@H]2CC(=O)N(C3CC3)C2)c2ccccc2C1. The number of rotatable bonds is 2. The number of fused-ring (bicyclic) bond motifs is 1. The molecule has 4 rings (SSSR count). The van der Waals surface area contributed by atoms with Crippen molar-refractivity contribution in [1.82, 2.24) is 9.80 Å². The molecule has 2 aliphatic heterocycles. The van der Waals surface area contributed by atoms with Gasteiger partial charge in [0.25, 0.3) is 0 Å². The summed E-state index contributed by atoms with van der Waals surface area (Å²) in [4.78, 5) is 31.3. The van der Waals surface area contributed by atoms with Gasteiger partial charge in [-0.2, -0.15) is 0 Å². The standard InChI is InChI=1S/C18H23N3O2/c1-19-8-9-20(16-5-3-2-4-13(16)11-19)18(23)14-10-17(22)21(12-14)15-6-7-15/h2-5,14-15H,6-12H2,1H3/t14-/m1/s1.